The Morgan fingerprint density at radius 2 is 1.79 bits per heavy atom. The van der Waals surface area contributed by atoms with E-state index in [2.05, 4.69) is 17.0 Å². The van der Waals surface area contributed by atoms with Crippen LogP contribution >= 0.6 is 0 Å². The highest BCUT2D eigenvalue weighted by Crippen LogP contribution is 2.39. The van der Waals surface area contributed by atoms with Gasteiger partial charge in [-0.25, -0.2) is 0 Å². The number of morpholine rings is 1. The van der Waals surface area contributed by atoms with E-state index in [9.17, 15) is 4.79 Å². The minimum atomic E-state index is -0.0662. The molecule has 1 amide bonds. The summed E-state index contributed by atoms with van der Waals surface area (Å²) < 4.78 is 12.3. The van der Waals surface area contributed by atoms with Gasteiger partial charge in [-0.05, 0) is 62.4 Å². The summed E-state index contributed by atoms with van der Waals surface area (Å²) in [6.45, 7) is 4.28. The molecule has 1 saturated carbocycles. The number of hydrogen-bond donors (Lipinski definition) is 0. The Kier molecular flexibility index (Phi) is 4.95. The molecule has 3 heterocycles. The van der Waals surface area contributed by atoms with E-state index in [0.717, 1.165) is 31.0 Å². The van der Waals surface area contributed by atoms with Crippen molar-refractivity contribution in [1.29, 1.82) is 0 Å². The van der Waals surface area contributed by atoms with Crippen LogP contribution in [0.15, 0.2) is 46.9 Å². The SMILES string of the molecule is O=C(c1ccc(CN2CCCC2)o1)N1C[C@@H](c2ccccc2)O[C@@H](C2CC2)C1. The molecule has 3 aliphatic rings. The van der Waals surface area contributed by atoms with Crippen LogP contribution in [0, 0.1) is 5.92 Å². The number of amides is 1. The van der Waals surface area contributed by atoms with Gasteiger partial charge in [0.15, 0.2) is 5.76 Å². The van der Waals surface area contributed by atoms with E-state index < -0.39 is 0 Å². The molecule has 148 valence electrons. The maximum atomic E-state index is 13.2. The van der Waals surface area contributed by atoms with Gasteiger partial charge < -0.3 is 14.1 Å². The molecule has 2 atom stereocenters. The Balaban J connectivity index is 1.30. The van der Waals surface area contributed by atoms with Gasteiger partial charge in [0.1, 0.15) is 11.9 Å². The third kappa shape index (κ3) is 3.87. The fourth-order valence-electron chi connectivity index (χ4n) is 4.43. The predicted octanol–water partition coefficient (Wildman–Crippen LogP) is 3.87. The van der Waals surface area contributed by atoms with Crippen molar-refractivity contribution in [2.45, 2.75) is 44.4 Å². The van der Waals surface area contributed by atoms with Crippen LogP contribution < -0.4 is 0 Å². The summed E-state index contributed by atoms with van der Waals surface area (Å²) in [4.78, 5) is 17.5. The van der Waals surface area contributed by atoms with Crippen molar-refractivity contribution in [3.63, 3.8) is 0 Å². The average molecular weight is 380 g/mol. The minimum Gasteiger partial charge on any atom is -0.455 e. The van der Waals surface area contributed by atoms with Gasteiger partial charge in [-0.1, -0.05) is 30.3 Å². The average Bonchev–Trinajstić information content (AvgIpc) is 3.28. The van der Waals surface area contributed by atoms with Gasteiger partial charge in [-0.2, -0.15) is 0 Å². The van der Waals surface area contributed by atoms with Crippen LogP contribution in [-0.2, 0) is 11.3 Å². The van der Waals surface area contributed by atoms with Gasteiger partial charge in [0, 0.05) is 6.54 Å². The van der Waals surface area contributed by atoms with E-state index in [4.69, 9.17) is 9.15 Å². The number of likely N-dealkylation sites (tertiary alicyclic amines) is 1. The second kappa shape index (κ2) is 7.72. The van der Waals surface area contributed by atoms with Gasteiger partial charge in [0.25, 0.3) is 5.91 Å². The summed E-state index contributed by atoms with van der Waals surface area (Å²) in [6, 6.07) is 14.0. The lowest BCUT2D eigenvalue weighted by atomic mass is 10.0. The summed E-state index contributed by atoms with van der Waals surface area (Å²) in [7, 11) is 0. The van der Waals surface area contributed by atoms with Gasteiger partial charge in [-0.15, -0.1) is 0 Å². The van der Waals surface area contributed by atoms with Crippen molar-refractivity contribution < 1.29 is 13.9 Å². The Hall–Kier alpha value is -2.11. The number of hydrogen-bond acceptors (Lipinski definition) is 4. The van der Waals surface area contributed by atoms with Crippen molar-refractivity contribution in [1.82, 2.24) is 9.80 Å². The Morgan fingerprint density at radius 1 is 1.00 bits per heavy atom. The zero-order valence-corrected chi connectivity index (χ0v) is 16.3. The van der Waals surface area contributed by atoms with Gasteiger partial charge >= 0.3 is 0 Å². The molecule has 3 fully saturated rings. The molecule has 0 bridgehead atoms. The first-order valence-corrected chi connectivity index (χ1v) is 10.6. The number of ether oxygens (including phenoxy) is 1. The fraction of sp³-hybridized carbons (Fsp3) is 0.522. The van der Waals surface area contributed by atoms with E-state index in [1.807, 2.05) is 35.2 Å². The molecule has 0 N–H and O–H groups in total. The topological polar surface area (TPSA) is 45.9 Å². The van der Waals surface area contributed by atoms with Crippen LogP contribution in [0.4, 0.5) is 0 Å². The van der Waals surface area contributed by atoms with Crippen LogP contribution in [0.3, 0.4) is 0 Å². The maximum Gasteiger partial charge on any atom is 0.289 e. The van der Waals surface area contributed by atoms with E-state index in [1.54, 1.807) is 0 Å². The Bertz CT molecular complexity index is 808. The number of rotatable bonds is 5. The number of nitrogens with zero attached hydrogens (tertiary/aromatic N) is 2. The van der Waals surface area contributed by atoms with E-state index in [-0.39, 0.29) is 18.1 Å². The lowest BCUT2D eigenvalue weighted by Gasteiger charge is -2.38. The molecule has 2 aliphatic heterocycles. The van der Waals surface area contributed by atoms with E-state index in [0.29, 0.717) is 24.8 Å². The molecular formula is C23H28N2O3. The molecule has 5 heteroatoms. The molecule has 2 saturated heterocycles. The lowest BCUT2D eigenvalue weighted by Crippen LogP contribution is -2.47. The molecule has 5 nitrogen and oxygen atoms in total. The second-order valence-corrected chi connectivity index (χ2v) is 8.37. The van der Waals surface area contributed by atoms with Gasteiger partial charge in [-0.3, -0.25) is 9.69 Å². The first kappa shape index (κ1) is 18.0. The monoisotopic (exact) mass is 380 g/mol. The highest BCUT2D eigenvalue weighted by Gasteiger charge is 2.40. The summed E-state index contributed by atoms with van der Waals surface area (Å²) in [5, 5.41) is 0. The summed E-state index contributed by atoms with van der Waals surface area (Å²) >= 11 is 0. The molecule has 2 aromatic rings. The highest BCUT2D eigenvalue weighted by molar-refractivity contribution is 5.91. The zero-order valence-electron chi connectivity index (χ0n) is 16.3. The number of furan rings is 1. The van der Waals surface area contributed by atoms with E-state index >= 15 is 0 Å². The normalized spacial score (nSPS) is 25.9. The van der Waals surface area contributed by atoms with Crippen molar-refractivity contribution >= 4 is 5.91 Å². The number of benzene rings is 1. The fourth-order valence-corrected chi connectivity index (χ4v) is 4.43. The van der Waals surface area contributed by atoms with E-state index in [1.165, 1.54) is 25.7 Å². The molecule has 0 unspecified atom stereocenters. The molecule has 0 spiro atoms. The maximum absolute atomic E-state index is 13.2. The summed E-state index contributed by atoms with van der Waals surface area (Å²) in [5.74, 6) is 1.92. The van der Waals surface area contributed by atoms with Crippen molar-refractivity contribution in [3.05, 3.63) is 59.5 Å². The third-order valence-electron chi connectivity index (χ3n) is 6.18. The van der Waals surface area contributed by atoms with Crippen LogP contribution in [0.5, 0.6) is 0 Å². The van der Waals surface area contributed by atoms with Crippen molar-refractivity contribution in [3.8, 4) is 0 Å². The van der Waals surface area contributed by atoms with Gasteiger partial charge in [0.2, 0.25) is 0 Å². The first-order chi connectivity index (χ1) is 13.8. The van der Waals surface area contributed by atoms with Crippen LogP contribution in [0.2, 0.25) is 0 Å². The van der Waals surface area contributed by atoms with Crippen LogP contribution in [0.1, 0.15) is 53.7 Å². The number of carbonyl (C=O) groups excluding carboxylic acids is 1. The molecule has 1 aromatic carbocycles. The zero-order chi connectivity index (χ0) is 18.9. The van der Waals surface area contributed by atoms with Crippen LogP contribution in [0.25, 0.3) is 0 Å². The molecule has 1 aromatic heterocycles. The van der Waals surface area contributed by atoms with Crippen molar-refractivity contribution in [2.75, 3.05) is 26.2 Å². The smallest absolute Gasteiger partial charge is 0.289 e. The number of carbonyl (C=O) groups is 1. The second-order valence-electron chi connectivity index (χ2n) is 8.37. The molecule has 5 rings (SSSR count). The predicted molar refractivity (Wildman–Crippen MR) is 106 cm³/mol. The standard InChI is InChI=1S/C23H28N2O3/c26-23(20-11-10-19(27-20)14-24-12-4-5-13-24)25-15-21(17-6-2-1-3-7-17)28-22(16-25)18-8-9-18/h1-3,6-7,10-11,18,21-22H,4-5,8-9,12-16H2/t21-,22+/m0/s1. The molecule has 1 aliphatic carbocycles. The molecular weight excluding hydrogens is 352 g/mol. The quantitative estimate of drug-likeness (QED) is 0.790. The molecule has 0 radical (unpaired) electrons. The Labute approximate surface area is 166 Å². The van der Waals surface area contributed by atoms with Crippen molar-refractivity contribution in [2.24, 2.45) is 5.92 Å². The van der Waals surface area contributed by atoms with Crippen LogP contribution in [-0.4, -0.2) is 48.0 Å². The largest absolute Gasteiger partial charge is 0.455 e. The third-order valence-corrected chi connectivity index (χ3v) is 6.18. The molecule has 28 heavy (non-hydrogen) atoms. The minimum absolute atomic E-state index is 0.0115. The first-order valence-electron chi connectivity index (χ1n) is 10.6. The summed E-state index contributed by atoms with van der Waals surface area (Å²) in [5.41, 5.74) is 1.14. The van der Waals surface area contributed by atoms with Gasteiger partial charge in [0.05, 0.1) is 19.2 Å². The summed E-state index contributed by atoms with van der Waals surface area (Å²) in [6.07, 6.45) is 4.97. The lowest BCUT2D eigenvalue weighted by molar-refractivity contribution is -0.0868. The Morgan fingerprint density at radius 3 is 2.54 bits per heavy atom. The highest BCUT2D eigenvalue weighted by atomic mass is 16.5.